The van der Waals surface area contributed by atoms with Crippen molar-refractivity contribution >= 4 is 17.1 Å². The zero-order chi connectivity index (χ0) is 15.6. The fraction of sp³-hybridized carbons (Fsp3) is 0.389. The molecule has 1 aliphatic carbocycles. The predicted molar refractivity (Wildman–Crippen MR) is 92.6 cm³/mol. The van der Waals surface area contributed by atoms with Crippen LogP contribution in [0.25, 0.3) is 0 Å². The first-order valence-electron chi connectivity index (χ1n) is 7.37. The summed E-state index contributed by atoms with van der Waals surface area (Å²) in [5, 5.41) is 0. The van der Waals surface area contributed by atoms with Crippen LogP contribution in [0, 0.1) is 12.8 Å². The lowest BCUT2D eigenvalue weighted by Crippen LogP contribution is -2.27. The first kappa shape index (κ1) is 15.5. The third-order valence-electron chi connectivity index (χ3n) is 3.86. The van der Waals surface area contributed by atoms with Crippen molar-refractivity contribution in [1.82, 2.24) is 0 Å². The second-order valence-corrected chi connectivity index (χ2v) is 6.03. The van der Waals surface area contributed by atoms with E-state index in [2.05, 4.69) is 69.3 Å². The van der Waals surface area contributed by atoms with E-state index in [9.17, 15) is 0 Å². The fourth-order valence-electron chi connectivity index (χ4n) is 2.75. The van der Waals surface area contributed by atoms with Crippen molar-refractivity contribution in [2.45, 2.75) is 26.8 Å². The van der Waals surface area contributed by atoms with Gasteiger partial charge in [0.05, 0.1) is 11.4 Å². The molecule has 2 atom stereocenters. The minimum Gasteiger partial charge on any atom is -0.377 e. The smallest absolute Gasteiger partial charge is 0.0641 e. The number of benzene rings is 1. The van der Waals surface area contributed by atoms with E-state index in [4.69, 9.17) is 10.7 Å². The molecule has 2 N–H and O–H groups in total. The summed E-state index contributed by atoms with van der Waals surface area (Å²) in [5.74, 6) is 0.321. The van der Waals surface area contributed by atoms with Gasteiger partial charge in [0, 0.05) is 31.7 Å². The Kier molecular flexibility index (Phi) is 4.63. The summed E-state index contributed by atoms with van der Waals surface area (Å²) >= 11 is 0. The number of rotatable bonds is 3. The third kappa shape index (κ3) is 3.61. The summed E-state index contributed by atoms with van der Waals surface area (Å²) < 4.78 is 0. The van der Waals surface area contributed by atoms with Gasteiger partial charge in [0.1, 0.15) is 0 Å². The highest BCUT2D eigenvalue weighted by atomic mass is 15.1. The van der Waals surface area contributed by atoms with Crippen LogP contribution in [0.2, 0.25) is 0 Å². The number of anilines is 1. The second kappa shape index (κ2) is 6.27. The van der Waals surface area contributed by atoms with Crippen LogP contribution in [0.3, 0.4) is 0 Å². The van der Waals surface area contributed by atoms with Crippen LogP contribution in [0.1, 0.15) is 19.4 Å². The standard InChI is InChI=1S/C18H25N3/c1-12-10-15(6-8-17(12)14(3)19)20-16-7-9-18(21(4)5)13(2)11-16/h6-11,14,17H,19H2,1-5H3/b20-15+. The summed E-state index contributed by atoms with van der Waals surface area (Å²) in [4.78, 5) is 6.83. The minimum absolute atomic E-state index is 0.140. The summed E-state index contributed by atoms with van der Waals surface area (Å²) in [7, 11) is 4.11. The van der Waals surface area contributed by atoms with E-state index in [1.165, 1.54) is 16.8 Å². The molecule has 1 aromatic rings. The van der Waals surface area contributed by atoms with Gasteiger partial charge in [-0.15, -0.1) is 0 Å². The van der Waals surface area contributed by atoms with E-state index < -0.39 is 0 Å². The highest BCUT2D eigenvalue weighted by molar-refractivity contribution is 6.06. The molecular formula is C18H25N3. The van der Waals surface area contributed by atoms with E-state index in [0.717, 1.165) is 11.4 Å². The van der Waals surface area contributed by atoms with Crippen molar-refractivity contribution in [3.05, 3.63) is 47.6 Å². The molecular weight excluding hydrogens is 258 g/mol. The molecule has 2 unspecified atom stereocenters. The number of hydrogen-bond donors (Lipinski definition) is 1. The number of hydrogen-bond acceptors (Lipinski definition) is 3. The van der Waals surface area contributed by atoms with Gasteiger partial charge >= 0.3 is 0 Å². The molecule has 0 fully saturated rings. The number of allylic oxidation sites excluding steroid dienone is 2. The average Bonchev–Trinajstić information content (AvgIpc) is 2.37. The normalized spacial score (nSPS) is 21.3. The lowest BCUT2D eigenvalue weighted by molar-refractivity contribution is 0.604. The van der Waals surface area contributed by atoms with Crippen molar-refractivity contribution in [1.29, 1.82) is 0 Å². The highest BCUT2D eigenvalue weighted by Gasteiger charge is 2.16. The SMILES string of the molecule is CC1=C/C(=N/c2ccc(N(C)C)c(C)c2)C=CC1C(C)N. The molecule has 0 aliphatic heterocycles. The van der Waals surface area contributed by atoms with Crippen molar-refractivity contribution in [2.24, 2.45) is 16.6 Å². The number of aliphatic imine (C=N–C) groups is 1. The number of nitrogens with zero attached hydrogens (tertiary/aromatic N) is 2. The Morgan fingerprint density at radius 2 is 1.95 bits per heavy atom. The van der Waals surface area contributed by atoms with Gasteiger partial charge in [-0.25, -0.2) is 4.99 Å². The van der Waals surface area contributed by atoms with Gasteiger partial charge in [0.25, 0.3) is 0 Å². The van der Waals surface area contributed by atoms with Crippen LogP contribution in [0.4, 0.5) is 11.4 Å². The second-order valence-electron chi connectivity index (χ2n) is 6.03. The fourth-order valence-corrected chi connectivity index (χ4v) is 2.75. The van der Waals surface area contributed by atoms with E-state index in [0.29, 0.717) is 5.92 Å². The Morgan fingerprint density at radius 1 is 1.24 bits per heavy atom. The largest absolute Gasteiger partial charge is 0.377 e. The van der Waals surface area contributed by atoms with E-state index in [1.54, 1.807) is 0 Å². The van der Waals surface area contributed by atoms with E-state index >= 15 is 0 Å². The van der Waals surface area contributed by atoms with Crippen LogP contribution in [-0.4, -0.2) is 25.8 Å². The zero-order valence-corrected chi connectivity index (χ0v) is 13.6. The molecule has 2 rings (SSSR count). The van der Waals surface area contributed by atoms with Gasteiger partial charge in [-0.05, 0) is 56.7 Å². The number of aryl methyl sites for hydroxylation is 1. The van der Waals surface area contributed by atoms with E-state index in [1.807, 2.05) is 6.92 Å². The molecule has 0 spiro atoms. The summed E-state index contributed by atoms with van der Waals surface area (Å²) in [6, 6.07) is 6.43. The molecule has 112 valence electrons. The molecule has 21 heavy (non-hydrogen) atoms. The molecule has 1 aromatic carbocycles. The van der Waals surface area contributed by atoms with E-state index in [-0.39, 0.29) is 6.04 Å². The van der Waals surface area contributed by atoms with Crippen LogP contribution in [0.5, 0.6) is 0 Å². The highest BCUT2D eigenvalue weighted by Crippen LogP contribution is 2.25. The van der Waals surface area contributed by atoms with Gasteiger partial charge in [0.15, 0.2) is 0 Å². The Labute approximate surface area is 127 Å². The van der Waals surface area contributed by atoms with Crippen LogP contribution in [-0.2, 0) is 0 Å². The minimum atomic E-state index is 0.140. The zero-order valence-electron chi connectivity index (χ0n) is 13.6. The summed E-state index contributed by atoms with van der Waals surface area (Å²) in [6.07, 6.45) is 6.35. The lowest BCUT2D eigenvalue weighted by atomic mass is 9.89. The van der Waals surface area contributed by atoms with Crippen molar-refractivity contribution < 1.29 is 0 Å². The average molecular weight is 283 g/mol. The van der Waals surface area contributed by atoms with Crippen molar-refractivity contribution in [3.8, 4) is 0 Å². The molecule has 3 heteroatoms. The molecule has 3 nitrogen and oxygen atoms in total. The third-order valence-corrected chi connectivity index (χ3v) is 3.86. The van der Waals surface area contributed by atoms with Gasteiger partial charge in [-0.1, -0.05) is 11.6 Å². The lowest BCUT2D eigenvalue weighted by Gasteiger charge is -2.21. The summed E-state index contributed by atoms with van der Waals surface area (Å²) in [5.41, 5.74) is 11.7. The first-order valence-corrected chi connectivity index (χ1v) is 7.37. The first-order chi connectivity index (χ1) is 9.88. The van der Waals surface area contributed by atoms with Crippen molar-refractivity contribution in [3.63, 3.8) is 0 Å². The van der Waals surface area contributed by atoms with Gasteiger partial charge in [0.2, 0.25) is 0 Å². The van der Waals surface area contributed by atoms with Gasteiger partial charge < -0.3 is 10.6 Å². The maximum Gasteiger partial charge on any atom is 0.0641 e. The topological polar surface area (TPSA) is 41.6 Å². The van der Waals surface area contributed by atoms with Gasteiger partial charge in [-0.3, -0.25) is 0 Å². The quantitative estimate of drug-likeness (QED) is 0.920. The van der Waals surface area contributed by atoms with Crippen LogP contribution < -0.4 is 10.6 Å². The van der Waals surface area contributed by atoms with Gasteiger partial charge in [-0.2, -0.15) is 0 Å². The van der Waals surface area contributed by atoms with Crippen LogP contribution >= 0.6 is 0 Å². The maximum absolute atomic E-state index is 5.98. The number of nitrogens with two attached hydrogens (primary N) is 1. The summed E-state index contributed by atoms with van der Waals surface area (Å²) in [6.45, 7) is 6.27. The molecule has 0 saturated heterocycles. The molecule has 0 amide bonds. The van der Waals surface area contributed by atoms with Crippen molar-refractivity contribution in [2.75, 3.05) is 19.0 Å². The molecule has 1 aliphatic rings. The monoisotopic (exact) mass is 283 g/mol. The Bertz CT molecular complexity index is 607. The molecule has 0 heterocycles. The molecule has 0 saturated carbocycles. The Balaban J connectivity index is 2.26. The Morgan fingerprint density at radius 3 is 2.48 bits per heavy atom. The predicted octanol–water partition coefficient (Wildman–Crippen LogP) is 3.61. The molecule has 0 radical (unpaired) electrons. The molecule has 0 aromatic heterocycles. The van der Waals surface area contributed by atoms with Crippen LogP contribution in [0.15, 0.2) is 47.0 Å². The maximum atomic E-state index is 5.98. The Hall–Kier alpha value is -1.87. The molecule has 0 bridgehead atoms.